The van der Waals surface area contributed by atoms with Crippen LogP contribution in [0.25, 0.3) is 11.3 Å². The van der Waals surface area contributed by atoms with Gasteiger partial charge in [0.25, 0.3) is 5.91 Å². The minimum Gasteiger partial charge on any atom is -0.486 e. The van der Waals surface area contributed by atoms with Crippen molar-refractivity contribution in [3.05, 3.63) is 46.0 Å². The van der Waals surface area contributed by atoms with Gasteiger partial charge in [0.05, 0.1) is 5.56 Å². The van der Waals surface area contributed by atoms with Gasteiger partial charge in [0.15, 0.2) is 23.0 Å². The van der Waals surface area contributed by atoms with Crippen molar-refractivity contribution in [2.45, 2.75) is 25.7 Å². The molecule has 2 aromatic heterocycles. The third-order valence-corrected chi connectivity index (χ3v) is 6.29. The highest BCUT2D eigenvalue weighted by Crippen LogP contribution is 2.38. The van der Waals surface area contributed by atoms with Gasteiger partial charge in [0.2, 0.25) is 0 Å². The molecule has 0 saturated heterocycles. The molecule has 0 unspecified atom stereocenters. The highest BCUT2D eigenvalue weighted by molar-refractivity contribution is 7.16. The number of nitrogens with one attached hydrogen (secondary N) is 1. The Balaban J connectivity index is 1.38. The second-order valence-electron chi connectivity index (χ2n) is 6.92. The molecule has 0 radical (unpaired) electrons. The largest absolute Gasteiger partial charge is 0.486 e. The van der Waals surface area contributed by atoms with E-state index >= 15 is 0 Å². The maximum atomic E-state index is 12.7. The minimum absolute atomic E-state index is 0.158. The van der Waals surface area contributed by atoms with Crippen LogP contribution in [0.1, 0.15) is 39.3 Å². The number of carbonyl (C=O) groups is 1. The van der Waals surface area contributed by atoms with Crippen molar-refractivity contribution in [2.75, 3.05) is 18.5 Å². The summed E-state index contributed by atoms with van der Waals surface area (Å²) in [7, 11) is 0. The Morgan fingerprint density at radius 2 is 1.97 bits per heavy atom. The number of rotatable bonds is 3. The van der Waals surface area contributed by atoms with E-state index in [0.717, 1.165) is 36.8 Å². The predicted octanol–water partition coefficient (Wildman–Crippen LogP) is 4.18. The van der Waals surface area contributed by atoms with E-state index in [9.17, 15) is 10.1 Å². The van der Waals surface area contributed by atoms with E-state index in [0.29, 0.717) is 41.0 Å². The first kappa shape index (κ1) is 17.8. The van der Waals surface area contributed by atoms with E-state index in [4.69, 9.17) is 14.0 Å². The molecular formula is C21H17N3O4S. The van der Waals surface area contributed by atoms with Crippen molar-refractivity contribution in [1.29, 1.82) is 5.26 Å². The van der Waals surface area contributed by atoms with Gasteiger partial charge < -0.3 is 19.3 Å². The van der Waals surface area contributed by atoms with Crippen LogP contribution >= 0.6 is 11.3 Å². The molecule has 0 atom stereocenters. The van der Waals surface area contributed by atoms with Crippen LogP contribution < -0.4 is 14.8 Å². The fourth-order valence-corrected chi connectivity index (χ4v) is 4.89. The molecule has 1 amide bonds. The number of nitriles is 1. The van der Waals surface area contributed by atoms with E-state index < -0.39 is 5.91 Å². The number of amides is 1. The Morgan fingerprint density at radius 1 is 1.14 bits per heavy atom. The quantitative estimate of drug-likeness (QED) is 0.700. The number of hydrogen-bond donors (Lipinski definition) is 1. The molecule has 146 valence electrons. The van der Waals surface area contributed by atoms with Crippen LogP contribution in [0.2, 0.25) is 0 Å². The number of fused-ring (bicyclic) bond motifs is 2. The SMILES string of the molecule is N#Cc1c(NC(=O)c2cc(-c3ccc4c(c3)OCCO4)on2)sc2c1CCCC2. The van der Waals surface area contributed by atoms with Gasteiger partial charge in [-0.2, -0.15) is 5.26 Å². The average molecular weight is 407 g/mol. The van der Waals surface area contributed by atoms with E-state index in [1.807, 2.05) is 6.07 Å². The number of anilines is 1. The number of thiophene rings is 1. The average Bonchev–Trinajstić information content (AvgIpc) is 3.38. The molecule has 2 aliphatic rings. The molecule has 0 fully saturated rings. The standard InChI is InChI=1S/C21H17N3O4S/c22-11-14-13-3-1-2-4-19(13)29-21(14)23-20(25)15-10-17(28-24-15)12-5-6-16-18(9-12)27-8-7-26-16/h5-6,9-10H,1-4,7-8H2,(H,23,25). The molecule has 0 bridgehead atoms. The number of hydrogen-bond acceptors (Lipinski definition) is 7. The summed E-state index contributed by atoms with van der Waals surface area (Å²) in [4.78, 5) is 13.9. The Hall–Kier alpha value is -3.31. The maximum Gasteiger partial charge on any atom is 0.278 e. The van der Waals surface area contributed by atoms with Crippen LogP contribution in [0.5, 0.6) is 11.5 Å². The van der Waals surface area contributed by atoms with Crippen molar-refractivity contribution in [3.8, 4) is 28.9 Å². The van der Waals surface area contributed by atoms with Gasteiger partial charge in [-0.1, -0.05) is 5.16 Å². The molecule has 1 aromatic carbocycles. The lowest BCUT2D eigenvalue weighted by molar-refractivity contribution is 0.101. The molecule has 29 heavy (non-hydrogen) atoms. The number of aromatic nitrogens is 1. The van der Waals surface area contributed by atoms with Gasteiger partial charge in [-0.15, -0.1) is 11.3 Å². The molecule has 1 aliphatic heterocycles. The van der Waals surface area contributed by atoms with Gasteiger partial charge in [0.1, 0.15) is 24.3 Å². The lowest BCUT2D eigenvalue weighted by Gasteiger charge is -2.18. The number of benzene rings is 1. The molecule has 3 heterocycles. The molecule has 0 saturated carbocycles. The fraction of sp³-hybridized carbons (Fsp3) is 0.286. The molecule has 0 spiro atoms. The Morgan fingerprint density at radius 3 is 2.83 bits per heavy atom. The summed E-state index contributed by atoms with van der Waals surface area (Å²) in [6.45, 7) is 1.02. The van der Waals surface area contributed by atoms with Crippen molar-refractivity contribution < 1.29 is 18.8 Å². The Kier molecular flexibility index (Phi) is 4.45. The number of ether oxygens (including phenoxy) is 2. The van der Waals surface area contributed by atoms with Crippen molar-refractivity contribution in [2.24, 2.45) is 0 Å². The summed E-state index contributed by atoms with van der Waals surface area (Å²) in [6.07, 6.45) is 4.05. The van der Waals surface area contributed by atoms with Gasteiger partial charge >= 0.3 is 0 Å². The summed E-state index contributed by atoms with van der Waals surface area (Å²) < 4.78 is 16.5. The van der Waals surface area contributed by atoms with Crippen LogP contribution in [0, 0.1) is 11.3 Å². The zero-order valence-electron chi connectivity index (χ0n) is 15.5. The predicted molar refractivity (Wildman–Crippen MR) is 107 cm³/mol. The van der Waals surface area contributed by atoms with Gasteiger partial charge in [-0.25, -0.2) is 0 Å². The Labute approximate surface area is 170 Å². The number of nitrogens with zero attached hydrogens (tertiary/aromatic N) is 2. The summed E-state index contributed by atoms with van der Waals surface area (Å²) in [6, 6.07) is 9.27. The smallest absolute Gasteiger partial charge is 0.278 e. The third-order valence-electron chi connectivity index (χ3n) is 5.08. The first-order chi connectivity index (χ1) is 14.2. The zero-order chi connectivity index (χ0) is 19.8. The molecule has 1 aliphatic carbocycles. The highest BCUT2D eigenvalue weighted by atomic mass is 32.1. The summed E-state index contributed by atoms with van der Waals surface area (Å²) in [5.41, 5.74) is 2.56. The minimum atomic E-state index is -0.396. The first-order valence-electron chi connectivity index (χ1n) is 9.45. The van der Waals surface area contributed by atoms with Crippen LogP contribution in [0.4, 0.5) is 5.00 Å². The number of carbonyl (C=O) groups excluding carboxylic acids is 1. The fourth-order valence-electron chi connectivity index (χ4n) is 3.65. The first-order valence-corrected chi connectivity index (χ1v) is 10.3. The van der Waals surface area contributed by atoms with E-state index in [2.05, 4.69) is 16.5 Å². The molecular weight excluding hydrogens is 390 g/mol. The van der Waals surface area contributed by atoms with E-state index in [1.54, 1.807) is 18.2 Å². The molecule has 5 rings (SSSR count). The molecule has 1 N–H and O–H groups in total. The normalized spacial score (nSPS) is 14.7. The van der Waals surface area contributed by atoms with Crippen molar-refractivity contribution in [3.63, 3.8) is 0 Å². The molecule has 7 nitrogen and oxygen atoms in total. The second-order valence-corrected chi connectivity index (χ2v) is 8.02. The lowest BCUT2D eigenvalue weighted by Crippen LogP contribution is -2.15. The monoisotopic (exact) mass is 407 g/mol. The third kappa shape index (κ3) is 3.23. The molecule has 3 aromatic rings. The number of aryl methyl sites for hydroxylation is 1. The van der Waals surface area contributed by atoms with Crippen LogP contribution in [0.3, 0.4) is 0 Å². The summed E-state index contributed by atoms with van der Waals surface area (Å²) >= 11 is 1.48. The van der Waals surface area contributed by atoms with E-state index in [-0.39, 0.29) is 5.69 Å². The summed E-state index contributed by atoms with van der Waals surface area (Å²) in [5.74, 6) is 1.38. The maximum absolute atomic E-state index is 12.7. The van der Waals surface area contributed by atoms with Crippen molar-refractivity contribution >= 4 is 22.2 Å². The van der Waals surface area contributed by atoms with Crippen LogP contribution in [0.15, 0.2) is 28.8 Å². The van der Waals surface area contributed by atoms with Gasteiger partial charge in [-0.05, 0) is 49.4 Å². The topological polar surface area (TPSA) is 97.4 Å². The van der Waals surface area contributed by atoms with Crippen molar-refractivity contribution in [1.82, 2.24) is 5.16 Å². The van der Waals surface area contributed by atoms with Crippen LogP contribution in [-0.4, -0.2) is 24.3 Å². The summed E-state index contributed by atoms with van der Waals surface area (Å²) in [5, 5.41) is 16.9. The Bertz CT molecular complexity index is 1140. The van der Waals surface area contributed by atoms with Gasteiger partial charge in [-0.3, -0.25) is 4.79 Å². The van der Waals surface area contributed by atoms with Crippen LogP contribution in [-0.2, 0) is 12.8 Å². The lowest BCUT2D eigenvalue weighted by atomic mass is 9.96. The highest BCUT2D eigenvalue weighted by Gasteiger charge is 2.23. The van der Waals surface area contributed by atoms with Gasteiger partial charge in [0, 0.05) is 16.5 Å². The van der Waals surface area contributed by atoms with E-state index in [1.165, 1.54) is 16.2 Å². The second kappa shape index (κ2) is 7.26. The molecule has 8 heteroatoms. The zero-order valence-corrected chi connectivity index (χ0v) is 16.3.